The van der Waals surface area contributed by atoms with Gasteiger partial charge in [0.2, 0.25) is 0 Å². The van der Waals surface area contributed by atoms with Crippen LogP contribution in [0.25, 0.3) is 0 Å². The molecule has 3 nitrogen and oxygen atoms in total. The standard InChI is InChI=1S/C12H21N3/c1-2-3-4-5-11(13)12-10-14-6-8-15(12)9-7-14/h11-12H,4-10,13H2,1H3. The molecular formula is C12H21N3. The molecule has 2 unspecified atom stereocenters. The summed E-state index contributed by atoms with van der Waals surface area (Å²) >= 11 is 0. The molecule has 84 valence electrons. The molecule has 3 heteroatoms. The fraction of sp³-hybridized carbons (Fsp3) is 0.833. The van der Waals surface area contributed by atoms with Gasteiger partial charge in [-0.3, -0.25) is 9.80 Å². The smallest absolute Gasteiger partial charge is 0.0375 e. The molecule has 3 aliphatic rings. The number of nitrogens with two attached hydrogens (primary N) is 1. The molecule has 2 atom stereocenters. The third-order valence-corrected chi connectivity index (χ3v) is 3.59. The lowest BCUT2D eigenvalue weighted by molar-refractivity contribution is 0.00163. The summed E-state index contributed by atoms with van der Waals surface area (Å²) in [4.78, 5) is 5.10. The summed E-state index contributed by atoms with van der Waals surface area (Å²) in [5, 5.41) is 0. The van der Waals surface area contributed by atoms with Gasteiger partial charge in [0, 0.05) is 51.2 Å². The van der Waals surface area contributed by atoms with Gasteiger partial charge < -0.3 is 5.73 Å². The zero-order valence-electron chi connectivity index (χ0n) is 9.58. The molecule has 2 bridgehead atoms. The van der Waals surface area contributed by atoms with E-state index in [4.69, 9.17) is 5.73 Å². The van der Waals surface area contributed by atoms with Crippen LogP contribution in [0.15, 0.2) is 0 Å². The lowest BCUT2D eigenvalue weighted by Gasteiger charge is -2.49. The summed E-state index contributed by atoms with van der Waals surface area (Å²) in [7, 11) is 0. The number of nitrogens with zero attached hydrogens (tertiary/aromatic N) is 2. The maximum absolute atomic E-state index is 6.24. The Morgan fingerprint density at radius 3 is 2.60 bits per heavy atom. The largest absolute Gasteiger partial charge is 0.326 e. The fourth-order valence-electron chi connectivity index (χ4n) is 2.62. The van der Waals surface area contributed by atoms with E-state index in [1.165, 1.54) is 32.7 Å². The van der Waals surface area contributed by atoms with Crippen molar-refractivity contribution in [2.45, 2.75) is 31.8 Å². The molecular weight excluding hydrogens is 186 g/mol. The van der Waals surface area contributed by atoms with E-state index >= 15 is 0 Å². The predicted molar refractivity (Wildman–Crippen MR) is 62.5 cm³/mol. The molecule has 0 amide bonds. The Hall–Kier alpha value is -0.560. The molecule has 0 aromatic rings. The normalized spacial score (nSPS) is 35.7. The van der Waals surface area contributed by atoms with Gasteiger partial charge in [-0.2, -0.15) is 0 Å². The Morgan fingerprint density at radius 1 is 1.33 bits per heavy atom. The highest BCUT2D eigenvalue weighted by Crippen LogP contribution is 2.19. The summed E-state index contributed by atoms with van der Waals surface area (Å²) in [5.74, 6) is 6.03. The lowest BCUT2D eigenvalue weighted by Crippen LogP contribution is -2.65. The van der Waals surface area contributed by atoms with Crippen molar-refractivity contribution in [3.63, 3.8) is 0 Å². The maximum atomic E-state index is 6.24. The maximum Gasteiger partial charge on any atom is 0.0375 e. The Labute approximate surface area is 92.6 Å². The second kappa shape index (κ2) is 4.98. The molecule has 0 spiro atoms. The summed E-state index contributed by atoms with van der Waals surface area (Å²) in [5.41, 5.74) is 6.24. The van der Waals surface area contributed by atoms with Gasteiger partial charge in [0.1, 0.15) is 0 Å². The van der Waals surface area contributed by atoms with Gasteiger partial charge in [-0.15, -0.1) is 11.8 Å². The zero-order valence-corrected chi connectivity index (χ0v) is 9.58. The third kappa shape index (κ3) is 2.52. The van der Waals surface area contributed by atoms with Crippen molar-refractivity contribution in [1.82, 2.24) is 9.80 Å². The van der Waals surface area contributed by atoms with Crippen molar-refractivity contribution in [2.75, 3.05) is 32.7 Å². The number of hydrogen-bond donors (Lipinski definition) is 1. The van der Waals surface area contributed by atoms with Gasteiger partial charge in [0.25, 0.3) is 0 Å². The molecule has 3 heterocycles. The van der Waals surface area contributed by atoms with E-state index in [9.17, 15) is 0 Å². The summed E-state index contributed by atoms with van der Waals surface area (Å²) in [6, 6.07) is 0.875. The van der Waals surface area contributed by atoms with Crippen molar-refractivity contribution in [1.29, 1.82) is 0 Å². The average Bonchev–Trinajstić information content (AvgIpc) is 2.30. The number of rotatable bonds is 3. The Bertz CT molecular complexity index is 258. The number of hydrogen-bond acceptors (Lipinski definition) is 3. The average molecular weight is 207 g/mol. The van der Waals surface area contributed by atoms with E-state index in [1.807, 2.05) is 6.92 Å². The summed E-state index contributed by atoms with van der Waals surface area (Å²) < 4.78 is 0. The van der Waals surface area contributed by atoms with Crippen molar-refractivity contribution in [3.8, 4) is 11.8 Å². The van der Waals surface area contributed by atoms with Gasteiger partial charge in [-0.1, -0.05) is 0 Å². The fourth-order valence-corrected chi connectivity index (χ4v) is 2.62. The second-order valence-electron chi connectivity index (χ2n) is 4.53. The van der Waals surface area contributed by atoms with Crippen LogP contribution in [0.3, 0.4) is 0 Å². The van der Waals surface area contributed by atoms with E-state index in [0.717, 1.165) is 12.8 Å². The highest BCUT2D eigenvalue weighted by atomic mass is 15.3. The first-order valence-electron chi connectivity index (χ1n) is 5.93. The van der Waals surface area contributed by atoms with Gasteiger partial charge in [0.05, 0.1) is 0 Å². The molecule has 3 fully saturated rings. The topological polar surface area (TPSA) is 32.5 Å². The van der Waals surface area contributed by atoms with Gasteiger partial charge >= 0.3 is 0 Å². The molecule has 0 aliphatic carbocycles. The van der Waals surface area contributed by atoms with Crippen LogP contribution in [-0.2, 0) is 0 Å². The summed E-state index contributed by atoms with van der Waals surface area (Å²) in [6.07, 6.45) is 1.98. The first kappa shape index (κ1) is 10.9. The van der Waals surface area contributed by atoms with E-state index in [2.05, 4.69) is 21.6 Å². The van der Waals surface area contributed by atoms with Gasteiger partial charge in [0.15, 0.2) is 0 Å². The van der Waals surface area contributed by atoms with E-state index in [1.54, 1.807) is 0 Å². The Balaban J connectivity index is 1.84. The first-order valence-corrected chi connectivity index (χ1v) is 5.93. The molecule has 0 radical (unpaired) electrons. The van der Waals surface area contributed by atoms with Crippen LogP contribution in [-0.4, -0.2) is 54.6 Å². The zero-order chi connectivity index (χ0) is 10.7. The van der Waals surface area contributed by atoms with Crippen LogP contribution < -0.4 is 5.73 Å². The Morgan fingerprint density at radius 2 is 2.07 bits per heavy atom. The van der Waals surface area contributed by atoms with Crippen molar-refractivity contribution in [2.24, 2.45) is 5.73 Å². The third-order valence-electron chi connectivity index (χ3n) is 3.59. The molecule has 0 saturated carbocycles. The minimum atomic E-state index is 0.300. The van der Waals surface area contributed by atoms with E-state index in [-0.39, 0.29) is 0 Å². The number of piperazine rings is 3. The Kier molecular flexibility index (Phi) is 3.63. The van der Waals surface area contributed by atoms with Gasteiger partial charge in [-0.05, 0) is 13.3 Å². The van der Waals surface area contributed by atoms with Crippen LogP contribution in [0.2, 0.25) is 0 Å². The SMILES string of the molecule is CC#CCCC(N)C1CN2CCN1CC2. The second-order valence-corrected chi connectivity index (χ2v) is 4.53. The molecule has 2 N–H and O–H groups in total. The lowest BCUT2D eigenvalue weighted by atomic mass is 9.97. The molecule has 3 rings (SSSR count). The molecule has 15 heavy (non-hydrogen) atoms. The highest BCUT2D eigenvalue weighted by Gasteiger charge is 2.34. The van der Waals surface area contributed by atoms with E-state index in [0.29, 0.717) is 12.1 Å². The van der Waals surface area contributed by atoms with Crippen LogP contribution >= 0.6 is 0 Å². The predicted octanol–water partition coefficient (Wildman–Crippen LogP) is 0.117. The van der Waals surface area contributed by atoms with Crippen LogP contribution in [0.4, 0.5) is 0 Å². The van der Waals surface area contributed by atoms with Crippen LogP contribution in [0, 0.1) is 11.8 Å². The highest BCUT2D eigenvalue weighted by molar-refractivity contribution is 4.98. The van der Waals surface area contributed by atoms with Crippen molar-refractivity contribution in [3.05, 3.63) is 0 Å². The van der Waals surface area contributed by atoms with Crippen molar-refractivity contribution >= 4 is 0 Å². The van der Waals surface area contributed by atoms with E-state index < -0.39 is 0 Å². The first-order chi connectivity index (χ1) is 7.31. The minimum absolute atomic E-state index is 0.300. The minimum Gasteiger partial charge on any atom is -0.326 e. The molecule has 0 aromatic heterocycles. The quantitative estimate of drug-likeness (QED) is 0.667. The van der Waals surface area contributed by atoms with Gasteiger partial charge in [-0.25, -0.2) is 0 Å². The molecule has 3 aliphatic heterocycles. The number of fused-ring (bicyclic) bond motifs is 3. The summed E-state index contributed by atoms with van der Waals surface area (Å²) in [6.45, 7) is 7.94. The van der Waals surface area contributed by atoms with Crippen LogP contribution in [0.1, 0.15) is 19.8 Å². The van der Waals surface area contributed by atoms with Crippen LogP contribution in [0.5, 0.6) is 0 Å². The molecule has 0 aromatic carbocycles. The molecule has 3 saturated heterocycles. The monoisotopic (exact) mass is 207 g/mol. The van der Waals surface area contributed by atoms with Crippen molar-refractivity contribution < 1.29 is 0 Å².